The van der Waals surface area contributed by atoms with Crippen LogP contribution in [0, 0.1) is 0 Å². The van der Waals surface area contributed by atoms with Crippen molar-refractivity contribution in [3.05, 3.63) is 77.1 Å². The van der Waals surface area contributed by atoms with E-state index in [1.165, 1.54) is 23.5 Å². The number of halogens is 1. The van der Waals surface area contributed by atoms with Crippen LogP contribution in [-0.2, 0) is 69.8 Å². The van der Waals surface area contributed by atoms with E-state index >= 15 is 0 Å². The van der Waals surface area contributed by atoms with Crippen molar-refractivity contribution >= 4 is 51.5 Å². The van der Waals surface area contributed by atoms with Crippen LogP contribution < -0.4 is 15.4 Å². The molecule has 1 heterocycles. The fourth-order valence-electron chi connectivity index (χ4n) is 7.39. The summed E-state index contributed by atoms with van der Waals surface area (Å²) < 4.78 is 69.9. The summed E-state index contributed by atoms with van der Waals surface area (Å²) in [4.78, 5) is 67.8. The molecule has 0 bridgehead atoms. The van der Waals surface area contributed by atoms with Crippen LogP contribution in [-0.4, -0.2) is 118 Å². The number of sulfonamides is 1. The van der Waals surface area contributed by atoms with Crippen LogP contribution >= 0.6 is 11.6 Å². The number of unbranched alkanes of at least 4 members (excludes halogenated alkanes) is 1. The van der Waals surface area contributed by atoms with Crippen LogP contribution in [0.5, 0.6) is 5.75 Å². The van der Waals surface area contributed by atoms with E-state index in [4.69, 9.17) is 44.8 Å². The van der Waals surface area contributed by atoms with Crippen molar-refractivity contribution in [1.29, 1.82) is 0 Å². The smallest absolute Gasteiger partial charge is 0.315 e. The normalized spacial score (nSPS) is 15.7. The monoisotopic (exact) mass is 1010 g/mol. The number of carbonyl (C=O) groups excluding carboxylic acids is 5. The van der Waals surface area contributed by atoms with Gasteiger partial charge < -0.3 is 43.8 Å². The number of nitrogens with zero attached hydrogens (tertiary/aromatic N) is 2. The number of esters is 4. The summed E-state index contributed by atoms with van der Waals surface area (Å²) in [5.41, 5.74) is 2.73. The van der Waals surface area contributed by atoms with Gasteiger partial charge in [-0.1, -0.05) is 57.5 Å². The maximum Gasteiger partial charge on any atom is 0.315 e. The van der Waals surface area contributed by atoms with Gasteiger partial charge in [0.15, 0.2) is 12.2 Å². The predicted octanol–water partition coefficient (Wildman–Crippen LogP) is 7.17. The summed E-state index contributed by atoms with van der Waals surface area (Å²) in [7, 11) is -2.51. The maximum absolute atomic E-state index is 13.9. The topological polar surface area (TPSA) is 224 Å². The lowest BCUT2D eigenvalue weighted by Crippen LogP contribution is -2.59. The summed E-state index contributed by atoms with van der Waals surface area (Å²) in [6.07, 6.45) is 4.43. The second-order valence-corrected chi connectivity index (χ2v) is 19.6. The fraction of sp³-hybridized carbons (Fsp3) is 0.560. The second kappa shape index (κ2) is 26.8. The first-order valence-corrected chi connectivity index (χ1v) is 25.8. The first-order valence-electron chi connectivity index (χ1n) is 24.0. The number of para-hydroxylation sites is 1. The third-order valence-electron chi connectivity index (χ3n) is 11.6. The third-order valence-corrected chi connectivity index (χ3v) is 13.9. The highest BCUT2D eigenvalue weighted by molar-refractivity contribution is 7.89. The largest absolute Gasteiger partial charge is 0.490 e. The Labute approximate surface area is 415 Å². The highest BCUT2D eigenvalue weighted by Crippen LogP contribution is 2.53. The first kappa shape index (κ1) is 55.6. The van der Waals surface area contributed by atoms with E-state index in [9.17, 15) is 32.4 Å². The van der Waals surface area contributed by atoms with Gasteiger partial charge in [0.2, 0.25) is 10.0 Å². The van der Waals surface area contributed by atoms with Gasteiger partial charge in [-0.05, 0) is 86.4 Å². The quantitative estimate of drug-likeness (QED) is 0.0384. The average Bonchev–Trinajstić information content (AvgIpc) is 4.31. The zero-order valence-electron chi connectivity index (χ0n) is 40.9. The van der Waals surface area contributed by atoms with E-state index in [0.717, 1.165) is 55.0 Å². The zero-order valence-corrected chi connectivity index (χ0v) is 42.4. The molecule has 384 valence electrons. The molecule has 0 aliphatic heterocycles. The minimum Gasteiger partial charge on any atom is -0.490 e. The van der Waals surface area contributed by atoms with Crippen LogP contribution in [0.1, 0.15) is 110 Å². The number of hydrogen-bond donors (Lipinski definition) is 2. The van der Waals surface area contributed by atoms with Crippen molar-refractivity contribution in [3.63, 3.8) is 0 Å². The Hall–Kier alpha value is -5.34. The van der Waals surface area contributed by atoms with Crippen molar-refractivity contribution in [3.8, 4) is 16.9 Å². The molecule has 4 atom stereocenters. The standard InChI is InChI=1S/C50H67ClN4O14S/c1-7-27-63-43(32-65-44(57)8-2)48(69-46(59)10-4)47(68-45(58)9-3)41(31-64-33(5)56)54-49(60)53-24-13-14-26-55(6)70(61,62)36-19-20-40(51)34(28-36)30-66-50(22-23-50)39-29-52-25-21-37(39)38-15-11-12-16-42(38)67-35-17-18-35/h11-12,15-16,19-21,25,28-29,35,41,43,47-48H,7-10,13-14,17-18,22-24,26-27,30-32H2,1-6H3,(H2,53,54,60)/t41-,43+,47+,48+/m0/s1. The number of nitrogens with one attached hydrogen (secondary N) is 2. The number of pyridine rings is 1. The van der Waals surface area contributed by atoms with E-state index < -0.39 is 76.5 Å². The number of hydrogen-bond acceptors (Lipinski definition) is 15. The highest BCUT2D eigenvalue weighted by Gasteiger charge is 2.48. The molecule has 2 saturated carbocycles. The van der Waals surface area contributed by atoms with Crippen molar-refractivity contribution < 1.29 is 65.5 Å². The lowest BCUT2D eigenvalue weighted by Gasteiger charge is -2.36. The zero-order chi connectivity index (χ0) is 50.8. The Morgan fingerprint density at radius 2 is 1.57 bits per heavy atom. The molecular weight excluding hydrogens is 948 g/mol. The Balaban J connectivity index is 1.21. The summed E-state index contributed by atoms with van der Waals surface area (Å²) in [5, 5.41) is 5.74. The molecule has 2 amide bonds. The van der Waals surface area contributed by atoms with Gasteiger partial charge in [-0.3, -0.25) is 24.2 Å². The van der Waals surface area contributed by atoms with Crippen LogP contribution in [0.15, 0.2) is 65.8 Å². The number of benzene rings is 2. The Bertz CT molecular complexity index is 2360. The molecule has 0 unspecified atom stereocenters. The van der Waals surface area contributed by atoms with Gasteiger partial charge in [0.25, 0.3) is 0 Å². The number of carbonyl (C=O) groups is 5. The van der Waals surface area contributed by atoms with E-state index in [1.54, 1.807) is 33.0 Å². The van der Waals surface area contributed by atoms with Gasteiger partial charge in [-0.2, -0.15) is 0 Å². The van der Waals surface area contributed by atoms with Gasteiger partial charge in [0, 0.05) is 81.5 Å². The molecule has 1 aromatic heterocycles. The molecule has 20 heteroatoms. The number of aromatic nitrogens is 1. The Kier molecular flexibility index (Phi) is 21.2. The SMILES string of the molecule is CCCO[C@H](COC(=O)CC)[C@@H](OC(=O)CC)[C@H](OC(=O)CC)[C@H](COC(C)=O)NC(=O)NCCCCN(C)S(=O)(=O)c1ccc(Cl)c(COC2(c3cnccc3-c3ccccc3OC3CC3)CC2)c1. The van der Waals surface area contributed by atoms with E-state index in [2.05, 4.69) is 15.6 Å². The minimum absolute atomic E-state index is 0.0412. The number of rotatable bonds is 30. The van der Waals surface area contributed by atoms with Crippen LogP contribution in [0.2, 0.25) is 5.02 Å². The molecule has 18 nitrogen and oxygen atoms in total. The Morgan fingerprint density at radius 1 is 0.871 bits per heavy atom. The van der Waals surface area contributed by atoms with Gasteiger partial charge in [-0.15, -0.1) is 0 Å². The minimum atomic E-state index is -3.98. The molecule has 2 fully saturated rings. The highest BCUT2D eigenvalue weighted by atomic mass is 35.5. The summed E-state index contributed by atoms with van der Waals surface area (Å²) in [6, 6.07) is 12.4. The molecule has 0 radical (unpaired) electrons. The molecule has 70 heavy (non-hydrogen) atoms. The predicted molar refractivity (Wildman–Crippen MR) is 258 cm³/mol. The second-order valence-electron chi connectivity index (χ2n) is 17.2. The molecular formula is C50H67ClN4O14S. The number of ether oxygens (including phenoxy) is 7. The number of amides is 2. The summed E-state index contributed by atoms with van der Waals surface area (Å²) in [6.45, 7) is 7.23. The lowest BCUT2D eigenvalue weighted by atomic mass is 9.96. The fourth-order valence-corrected chi connectivity index (χ4v) is 8.82. The van der Waals surface area contributed by atoms with Crippen molar-refractivity contribution in [2.24, 2.45) is 0 Å². The van der Waals surface area contributed by atoms with Gasteiger partial charge in [-0.25, -0.2) is 17.5 Å². The molecule has 2 N–H and O–H groups in total. The van der Waals surface area contributed by atoms with Gasteiger partial charge in [0.05, 0.1) is 23.2 Å². The molecule has 2 aliphatic carbocycles. The van der Waals surface area contributed by atoms with Gasteiger partial charge >= 0.3 is 29.9 Å². The first-order chi connectivity index (χ1) is 33.5. The number of urea groups is 1. The van der Waals surface area contributed by atoms with E-state index in [1.807, 2.05) is 43.5 Å². The van der Waals surface area contributed by atoms with Crippen molar-refractivity contribution in [1.82, 2.24) is 19.9 Å². The van der Waals surface area contributed by atoms with E-state index in [0.29, 0.717) is 29.8 Å². The molecule has 0 saturated heterocycles. The van der Waals surface area contributed by atoms with E-state index in [-0.39, 0.29) is 63.2 Å². The molecule has 2 aromatic carbocycles. The summed E-state index contributed by atoms with van der Waals surface area (Å²) in [5.74, 6) is -1.87. The summed E-state index contributed by atoms with van der Waals surface area (Å²) >= 11 is 6.64. The molecule has 0 spiro atoms. The third kappa shape index (κ3) is 16.1. The van der Waals surface area contributed by atoms with Crippen LogP contribution in [0.3, 0.4) is 0 Å². The molecule has 5 rings (SSSR count). The average molecular weight is 1020 g/mol. The maximum atomic E-state index is 13.9. The van der Waals surface area contributed by atoms with Crippen LogP contribution in [0.25, 0.3) is 11.1 Å². The Morgan fingerprint density at radius 3 is 2.23 bits per heavy atom. The molecule has 3 aromatic rings. The van der Waals surface area contributed by atoms with Crippen molar-refractivity contribution in [2.75, 3.05) is 40.0 Å². The molecule has 2 aliphatic rings. The lowest BCUT2D eigenvalue weighted by molar-refractivity contribution is -0.191. The van der Waals surface area contributed by atoms with Gasteiger partial charge in [0.1, 0.15) is 31.1 Å². The van der Waals surface area contributed by atoms with Crippen molar-refractivity contribution in [2.45, 2.75) is 146 Å². The van der Waals surface area contributed by atoms with Crippen LogP contribution in [0.4, 0.5) is 4.79 Å².